The zero-order chi connectivity index (χ0) is 10.1. The molecule has 1 aliphatic heterocycles. The number of nitrogens with one attached hydrogen (secondary N) is 1. The Balaban J connectivity index is 2.09. The second-order valence-corrected chi connectivity index (χ2v) is 3.52. The molecule has 1 aliphatic rings. The fourth-order valence-electron chi connectivity index (χ4n) is 1.79. The first kappa shape index (κ1) is 8.40. The van der Waals surface area contributed by atoms with Crippen LogP contribution in [0.1, 0.15) is 6.42 Å². The van der Waals surface area contributed by atoms with Crippen LogP contribution in [-0.4, -0.2) is 26.3 Å². The second-order valence-electron chi connectivity index (χ2n) is 3.52. The molecular formula is C10H11N5. The minimum absolute atomic E-state index is 0.861. The van der Waals surface area contributed by atoms with E-state index in [2.05, 4.69) is 25.1 Å². The third-order valence-corrected chi connectivity index (χ3v) is 2.51. The zero-order valence-corrected chi connectivity index (χ0v) is 8.22. The van der Waals surface area contributed by atoms with Gasteiger partial charge in [0.05, 0.1) is 0 Å². The number of nitrogens with zero attached hydrogens (tertiary/aromatic N) is 4. The van der Waals surface area contributed by atoms with Crippen molar-refractivity contribution < 1.29 is 0 Å². The van der Waals surface area contributed by atoms with Crippen LogP contribution in [0.5, 0.6) is 0 Å². The van der Waals surface area contributed by atoms with Crippen LogP contribution in [0.3, 0.4) is 0 Å². The van der Waals surface area contributed by atoms with Gasteiger partial charge in [-0.05, 0) is 18.6 Å². The van der Waals surface area contributed by atoms with E-state index in [1.165, 1.54) is 0 Å². The van der Waals surface area contributed by atoms with E-state index in [1.807, 2.05) is 18.3 Å². The number of hydrogen-bond acceptors (Lipinski definition) is 4. The van der Waals surface area contributed by atoms with Crippen molar-refractivity contribution in [1.29, 1.82) is 0 Å². The number of hydrogen-bond donors (Lipinski definition) is 1. The Morgan fingerprint density at radius 2 is 2.33 bits per heavy atom. The molecule has 3 heterocycles. The van der Waals surface area contributed by atoms with Crippen LogP contribution < -0.4 is 5.32 Å². The van der Waals surface area contributed by atoms with E-state index in [0.717, 1.165) is 36.8 Å². The molecule has 0 fully saturated rings. The van der Waals surface area contributed by atoms with E-state index in [-0.39, 0.29) is 0 Å². The van der Waals surface area contributed by atoms with E-state index < -0.39 is 0 Å². The lowest BCUT2D eigenvalue weighted by Gasteiger charge is -2.16. The van der Waals surface area contributed by atoms with Crippen molar-refractivity contribution in [3.8, 4) is 11.4 Å². The van der Waals surface area contributed by atoms with Crippen LogP contribution in [0, 0.1) is 0 Å². The summed E-state index contributed by atoms with van der Waals surface area (Å²) < 4.78 is 2.10. The van der Waals surface area contributed by atoms with Crippen molar-refractivity contribution in [2.45, 2.75) is 13.0 Å². The molecule has 0 aromatic carbocycles. The summed E-state index contributed by atoms with van der Waals surface area (Å²) in [7, 11) is 0. The molecule has 76 valence electrons. The van der Waals surface area contributed by atoms with Gasteiger partial charge < -0.3 is 5.32 Å². The molecule has 2 aromatic heterocycles. The molecule has 1 N–H and O–H groups in total. The minimum atomic E-state index is 0.861. The predicted octanol–water partition coefficient (Wildman–Crippen LogP) is 1.16. The van der Waals surface area contributed by atoms with Gasteiger partial charge in [-0.15, -0.1) is 10.2 Å². The third kappa shape index (κ3) is 1.36. The maximum Gasteiger partial charge on any atom is 0.224 e. The Morgan fingerprint density at radius 3 is 3.20 bits per heavy atom. The highest BCUT2D eigenvalue weighted by molar-refractivity contribution is 5.56. The van der Waals surface area contributed by atoms with Crippen molar-refractivity contribution in [2.75, 3.05) is 11.9 Å². The van der Waals surface area contributed by atoms with Gasteiger partial charge in [-0.2, -0.15) is 0 Å². The molecule has 0 bridgehead atoms. The Hall–Kier alpha value is -1.91. The lowest BCUT2D eigenvalue weighted by molar-refractivity contribution is 0.631. The molecule has 15 heavy (non-hydrogen) atoms. The molecule has 0 unspecified atom stereocenters. The molecule has 5 nitrogen and oxygen atoms in total. The Morgan fingerprint density at radius 1 is 1.33 bits per heavy atom. The van der Waals surface area contributed by atoms with Crippen LogP contribution in [0.2, 0.25) is 0 Å². The summed E-state index contributed by atoms with van der Waals surface area (Å²) >= 11 is 0. The first-order valence-corrected chi connectivity index (χ1v) is 5.02. The van der Waals surface area contributed by atoms with E-state index in [0.29, 0.717) is 0 Å². The van der Waals surface area contributed by atoms with E-state index in [9.17, 15) is 0 Å². The molecule has 0 amide bonds. The van der Waals surface area contributed by atoms with Crippen LogP contribution in [-0.2, 0) is 6.54 Å². The minimum Gasteiger partial charge on any atom is -0.354 e. The summed E-state index contributed by atoms with van der Waals surface area (Å²) in [5, 5.41) is 11.5. The second kappa shape index (κ2) is 3.34. The molecule has 0 atom stereocenters. The van der Waals surface area contributed by atoms with E-state index in [1.54, 1.807) is 6.20 Å². The third-order valence-electron chi connectivity index (χ3n) is 2.51. The number of rotatable bonds is 1. The molecule has 5 heteroatoms. The SMILES string of the molecule is c1cncc(-c2nnc3n2CCCN3)c1. The largest absolute Gasteiger partial charge is 0.354 e. The summed E-state index contributed by atoms with van der Waals surface area (Å²) in [6.45, 7) is 1.95. The highest BCUT2D eigenvalue weighted by Gasteiger charge is 2.15. The van der Waals surface area contributed by atoms with Crippen LogP contribution in [0.25, 0.3) is 11.4 Å². The lowest BCUT2D eigenvalue weighted by Crippen LogP contribution is -2.17. The molecule has 0 radical (unpaired) electrons. The van der Waals surface area contributed by atoms with Crippen LogP contribution in [0.15, 0.2) is 24.5 Å². The standard InChI is InChI=1S/C10H11N5/c1-3-8(7-11-4-1)9-13-14-10-12-5-2-6-15(9)10/h1,3-4,7H,2,5-6H2,(H,12,14). The number of anilines is 1. The van der Waals surface area contributed by atoms with Gasteiger partial charge in [0.25, 0.3) is 0 Å². The van der Waals surface area contributed by atoms with Gasteiger partial charge in [-0.1, -0.05) is 0 Å². The summed E-state index contributed by atoms with van der Waals surface area (Å²) in [4.78, 5) is 4.09. The van der Waals surface area contributed by atoms with Gasteiger partial charge in [-0.25, -0.2) is 0 Å². The highest BCUT2D eigenvalue weighted by atomic mass is 15.4. The molecule has 0 aliphatic carbocycles. The maximum atomic E-state index is 4.18. The van der Waals surface area contributed by atoms with E-state index in [4.69, 9.17) is 0 Å². The van der Waals surface area contributed by atoms with Gasteiger partial charge in [-0.3, -0.25) is 9.55 Å². The topological polar surface area (TPSA) is 55.6 Å². The van der Waals surface area contributed by atoms with Crippen molar-refractivity contribution in [2.24, 2.45) is 0 Å². The summed E-state index contributed by atoms with van der Waals surface area (Å²) in [6.07, 6.45) is 4.68. The molecule has 2 aromatic rings. The normalized spacial score (nSPS) is 14.4. The van der Waals surface area contributed by atoms with Crippen molar-refractivity contribution >= 4 is 5.95 Å². The molecule has 0 spiro atoms. The van der Waals surface area contributed by atoms with Gasteiger partial charge in [0.2, 0.25) is 5.95 Å². The first-order valence-electron chi connectivity index (χ1n) is 5.02. The van der Waals surface area contributed by atoms with Crippen LogP contribution in [0.4, 0.5) is 5.95 Å². The average molecular weight is 201 g/mol. The quantitative estimate of drug-likeness (QED) is 0.752. The van der Waals surface area contributed by atoms with Crippen LogP contribution >= 0.6 is 0 Å². The molecule has 0 saturated heterocycles. The summed E-state index contributed by atoms with van der Waals surface area (Å²) in [5.41, 5.74) is 1.01. The Bertz CT molecular complexity index is 462. The van der Waals surface area contributed by atoms with Crippen molar-refractivity contribution in [1.82, 2.24) is 19.7 Å². The van der Waals surface area contributed by atoms with Gasteiger partial charge in [0.1, 0.15) is 0 Å². The fourth-order valence-corrected chi connectivity index (χ4v) is 1.79. The monoisotopic (exact) mass is 201 g/mol. The number of aromatic nitrogens is 4. The van der Waals surface area contributed by atoms with Gasteiger partial charge >= 0.3 is 0 Å². The first-order chi connectivity index (χ1) is 7.45. The van der Waals surface area contributed by atoms with E-state index >= 15 is 0 Å². The van der Waals surface area contributed by atoms with Crippen molar-refractivity contribution in [3.05, 3.63) is 24.5 Å². The number of pyridine rings is 1. The summed E-state index contributed by atoms with van der Waals surface area (Å²) in [6, 6.07) is 3.91. The zero-order valence-electron chi connectivity index (χ0n) is 8.22. The predicted molar refractivity (Wildman–Crippen MR) is 56.4 cm³/mol. The highest BCUT2D eigenvalue weighted by Crippen LogP contribution is 2.21. The summed E-state index contributed by atoms with van der Waals surface area (Å²) in [5.74, 6) is 1.76. The average Bonchev–Trinajstić information content (AvgIpc) is 2.74. The smallest absolute Gasteiger partial charge is 0.224 e. The number of fused-ring (bicyclic) bond motifs is 1. The molecular weight excluding hydrogens is 190 g/mol. The lowest BCUT2D eigenvalue weighted by atomic mass is 10.2. The maximum absolute atomic E-state index is 4.18. The Labute approximate surface area is 87.2 Å². The molecule has 0 saturated carbocycles. The van der Waals surface area contributed by atoms with Gasteiger partial charge in [0.15, 0.2) is 5.82 Å². The van der Waals surface area contributed by atoms with Crippen molar-refractivity contribution in [3.63, 3.8) is 0 Å². The molecule has 3 rings (SSSR count). The van der Waals surface area contributed by atoms with Gasteiger partial charge in [0, 0.05) is 31.0 Å². The fraction of sp³-hybridized carbons (Fsp3) is 0.300. The Kier molecular flexibility index (Phi) is 1.87.